The first-order valence-corrected chi connectivity index (χ1v) is 5.83. The molecule has 3 nitrogen and oxygen atoms in total. The zero-order valence-corrected chi connectivity index (χ0v) is 10.6. The molecule has 0 aliphatic rings. The molecule has 0 unspecified atom stereocenters. The number of alkyl halides is 3. The molecule has 1 aromatic rings. The van der Waals surface area contributed by atoms with E-state index in [2.05, 4.69) is 4.98 Å². The van der Waals surface area contributed by atoms with Crippen molar-refractivity contribution in [1.29, 1.82) is 0 Å². The van der Waals surface area contributed by atoms with Crippen LogP contribution in [0.3, 0.4) is 0 Å². The average molecular weight is 261 g/mol. The standard InChI is InChI=1S/C12H18F3N3/c1-3-10-6-9(8-16)7-11(17-10)18(2)5-4-12(13,14)15/h6-7H,3-5,8,16H2,1-2H3. The van der Waals surface area contributed by atoms with Gasteiger partial charge in [-0.3, -0.25) is 0 Å². The maximum atomic E-state index is 12.2. The Labute approximate surface area is 105 Å². The number of aromatic nitrogens is 1. The van der Waals surface area contributed by atoms with Crippen molar-refractivity contribution in [2.75, 3.05) is 18.5 Å². The minimum absolute atomic E-state index is 0.103. The van der Waals surface area contributed by atoms with Gasteiger partial charge in [0, 0.05) is 25.8 Å². The summed E-state index contributed by atoms with van der Waals surface area (Å²) in [5, 5.41) is 0. The van der Waals surface area contributed by atoms with Gasteiger partial charge in [0.2, 0.25) is 0 Å². The van der Waals surface area contributed by atoms with Crippen molar-refractivity contribution in [2.45, 2.75) is 32.5 Å². The minimum atomic E-state index is -4.15. The quantitative estimate of drug-likeness (QED) is 0.885. The summed E-state index contributed by atoms with van der Waals surface area (Å²) in [6.45, 7) is 2.20. The van der Waals surface area contributed by atoms with Crippen molar-refractivity contribution in [3.8, 4) is 0 Å². The Morgan fingerprint density at radius 2 is 2.00 bits per heavy atom. The number of hydrogen-bond donors (Lipinski definition) is 1. The van der Waals surface area contributed by atoms with Gasteiger partial charge in [0.05, 0.1) is 6.42 Å². The Bertz CT molecular complexity index is 368. The minimum Gasteiger partial charge on any atom is -0.359 e. The van der Waals surface area contributed by atoms with E-state index in [9.17, 15) is 13.2 Å². The number of hydrogen-bond acceptors (Lipinski definition) is 3. The highest BCUT2D eigenvalue weighted by Crippen LogP contribution is 2.21. The summed E-state index contributed by atoms with van der Waals surface area (Å²) in [7, 11) is 1.60. The molecule has 6 heteroatoms. The van der Waals surface area contributed by atoms with Crippen molar-refractivity contribution in [3.63, 3.8) is 0 Å². The molecule has 1 rings (SSSR count). The van der Waals surface area contributed by atoms with E-state index >= 15 is 0 Å². The van der Waals surface area contributed by atoms with Gasteiger partial charge in [0.15, 0.2) is 0 Å². The monoisotopic (exact) mass is 261 g/mol. The second-order valence-electron chi connectivity index (χ2n) is 4.17. The van der Waals surface area contributed by atoms with Crippen LogP contribution in [0.4, 0.5) is 19.0 Å². The van der Waals surface area contributed by atoms with Crippen LogP contribution in [-0.2, 0) is 13.0 Å². The van der Waals surface area contributed by atoms with E-state index in [0.717, 1.165) is 17.7 Å². The van der Waals surface area contributed by atoms with E-state index in [1.807, 2.05) is 13.0 Å². The zero-order valence-electron chi connectivity index (χ0n) is 10.6. The lowest BCUT2D eigenvalue weighted by atomic mass is 10.2. The molecule has 18 heavy (non-hydrogen) atoms. The van der Waals surface area contributed by atoms with E-state index in [4.69, 9.17) is 5.73 Å². The van der Waals surface area contributed by atoms with E-state index in [1.54, 1.807) is 13.1 Å². The van der Waals surface area contributed by atoms with Crippen molar-refractivity contribution in [2.24, 2.45) is 5.73 Å². The van der Waals surface area contributed by atoms with Crippen LogP contribution in [0.25, 0.3) is 0 Å². The number of nitrogens with zero attached hydrogens (tertiary/aromatic N) is 2. The van der Waals surface area contributed by atoms with Crippen LogP contribution in [0.15, 0.2) is 12.1 Å². The summed E-state index contributed by atoms with van der Waals surface area (Å²) in [6.07, 6.45) is -4.26. The fourth-order valence-electron chi connectivity index (χ4n) is 1.54. The predicted molar refractivity (Wildman–Crippen MR) is 65.4 cm³/mol. The Morgan fingerprint density at radius 3 is 2.50 bits per heavy atom. The molecule has 0 bridgehead atoms. The molecule has 0 radical (unpaired) electrons. The average Bonchev–Trinajstić information content (AvgIpc) is 2.34. The lowest BCUT2D eigenvalue weighted by Crippen LogP contribution is -2.25. The van der Waals surface area contributed by atoms with Gasteiger partial charge in [0.1, 0.15) is 5.82 Å². The molecule has 0 fully saturated rings. The van der Waals surface area contributed by atoms with E-state index < -0.39 is 12.6 Å². The number of halogens is 3. The van der Waals surface area contributed by atoms with Crippen LogP contribution < -0.4 is 10.6 Å². The smallest absolute Gasteiger partial charge is 0.359 e. The molecular formula is C12H18F3N3. The molecule has 0 aliphatic heterocycles. The summed E-state index contributed by atoms with van der Waals surface area (Å²) in [5.41, 5.74) is 7.28. The van der Waals surface area contributed by atoms with Gasteiger partial charge in [0.25, 0.3) is 0 Å². The number of anilines is 1. The zero-order chi connectivity index (χ0) is 13.8. The molecule has 1 heterocycles. The SMILES string of the molecule is CCc1cc(CN)cc(N(C)CCC(F)(F)F)n1. The van der Waals surface area contributed by atoms with Gasteiger partial charge in [-0.1, -0.05) is 6.92 Å². The van der Waals surface area contributed by atoms with Crippen molar-refractivity contribution < 1.29 is 13.2 Å². The van der Waals surface area contributed by atoms with Gasteiger partial charge in [-0.25, -0.2) is 4.98 Å². The van der Waals surface area contributed by atoms with Crippen LogP contribution in [0.5, 0.6) is 0 Å². The second-order valence-corrected chi connectivity index (χ2v) is 4.17. The summed E-state index contributed by atoms with van der Waals surface area (Å²) in [5.74, 6) is 0.541. The number of aryl methyl sites for hydroxylation is 1. The van der Waals surface area contributed by atoms with E-state index in [0.29, 0.717) is 12.4 Å². The second kappa shape index (κ2) is 6.04. The molecule has 102 valence electrons. The van der Waals surface area contributed by atoms with Crippen LogP contribution in [0.1, 0.15) is 24.6 Å². The molecule has 0 saturated carbocycles. The highest BCUT2D eigenvalue weighted by molar-refractivity contribution is 5.42. The first-order valence-electron chi connectivity index (χ1n) is 5.83. The van der Waals surface area contributed by atoms with Crippen molar-refractivity contribution >= 4 is 5.82 Å². The summed E-state index contributed by atoms with van der Waals surface area (Å²) < 4.78 is 36.5. The normalized spacial score (nSPS) is 11.7. The Morgan fingerprint density at radius 1 is 1.33 bits per heavy atom. The maximum absolute atomic E-state index is 12.2. The third-order valence-corrected chi connectivity index (χ3v) is 2.64. The van der Waals surface area contributed by atoms with Crippen molar-refractivity contribution in [1.82, 2.24) is 4.98 Å². The highest BCUT2D eigenvalue weighted by Gasteiger charge is 2.27. The van der Waals surface area contributed by atoms with Gasteiger partial charge in [-0.2, -0.15) is 13.2 Å². The maximum Gasteiger partial charge on any atom is 0.390 e. The molecule has 1 aromatic heterocycles. The Balaban J connectivity index is 2.81. The van der Waals surface area contributed by atoms with Crippen LogP contribution in [-0.4, -0.2) is 24.8 Å². The highest BCUT2D eigenvalue weighted by atomic mass is 19.4. The van der Waals surface area contributed by atoms with Gasteiger partial charge in [-0.15, -0.1) is 0 Å². The molecule has 0 spiro atoms. The fourth-order valence-corrected chi connectivity index (χ4v) is 1.54. The lowest BCUT2D eigenvalue weighted by Gasteiger charge is -2.20. The number of nitrogens with two attached hydrogens (primary N) is 1. The fraction of sp³-hybridized carbons (Fsp3) is 0.583. The Hall–Kier alpha value is -1.30. The largest absolute Gasteiger partial charge is 0.390 e. The summed E-state index contributed by atoms with van der Waals surface area (Å²) >= 11 is 0. The number of rotatable bonds is 5. The predicted octanol–water partition coefficient (Wildman–Crippen LogP) is 2.49. The van der Waals surface area contributed by atoms with Crippen LogP contribution >= 0.6 is 0 Å². The van der Waals surface area contributed by atoms with Gasteiger partial charge in [-0.05, 0) is 24.1 Å². The Kier molecular flexibility index (Phi) is 4.95. The summed E-state index contributed by atoms with van der Waals surface area (Å²) in [4.78, 5) is 5.81. The van der Waals surface area contributed by atoms with Crippen molar-refractivity contribution in [3.05, 3.63) is 23.4 Å². The number of pyridine rings is 1. The van der Waals surface area contributed by atoms with E-state index in [1.165, 1.54) is 4.90 Å². The first kappa shape index (κ1) is 14.8. The topological polar surface area (TPSA) is 42.1 Å². The van der Waals surface area contributed by atoms with Crippen LogP contribution in [0, 0.1) is 0 Å². The molecule has 0 amide bonds. The third-order valence-electron chi connectivity index (χ3n) is 2.64. The molecule has 2 N–H and O–H groups in total. The first-order chi connectivity index (χ1) is 8.35. The molecule has 0 aliphatic carbocycles. The molecular weight excluding hydrogens is 243 g/mol. The van der Waals surface area contributed by atoms with Gasteiger partial charge < -0.3 is 10.6 Å². The van der Waals surface area contributed by atoms with Crippen LogP contribution in [0.2, 0.25) is 0 Å². The van der Waals surface area contributed by atoms with Gasteiger partial charge >= 0.3 is 6.18 Å². The molecule has 0 saturated heterocycles. The lowest BCUT2D eigenvalue weighted by molar-refractivity contribution is -0.132. The molecule has 0 aromatic carbocycles. The third kappa shape index (κ3) is 4.52. The van der Waals surface area contributed by atoms with E-state index in [-0.39, 0.29) is 6.54 Å². The summed E-state index contributed by atoms with van der Waals surface area (Å²) in [6, 6.07) is 3.61. The molecule has 0 atom stereocenters.